The Morgan fingerprint density at radius 3 is 2.13 bits per heavy atom. The second-order valence-electron chi connectivity index (χ2n) is 8.91. The number of carbonyl (C=O) groups excluding carboxylic acids is 3. The van der Waals surface area contributed by atoms with E-state index in [2.05, 4.69) is 30.8 Å². The third-order valence-electron chi connectivity index (χ3n) is 4.13. The Morgan fingerprint density at radius 2 is 1.63 bits per heavy atom. The molecule has 0 aliphatic rings. The van der Waals surface area contributed by atoms with Gasteiger partial charge in [-0.2, -0.15) is 0 Å². The van der Waals surface area contributed by atoms with E-state index < -0.39 is 17.5 Å². The fraction of sp³-hybridized carbons (Fsp3) is 0.522. The number of hydrogen-bond acceptors (Lipinski definition) is 7. The van der Waals surface area contributed by atoms with Crippen molar-refractivity contribution < 1.29 is 28.6 Å². The van der Waals surface area contributed by atoms with E-state index in [1.807, 2.05) is 39.0 Å². The highest BCUT2D eigenvalue weighted by Crippen LogP contribution is 2.29. The van der Waals surface area contributed by atoms with Gasteiger partial charge in [0.2, 0.25) is 0 Å². The van der Waals surface area contributed by atoms with Crippen LogP contribution in [0.2, 0.25) is 0 Å². The largest absolute Gasteiger partial charge is 0.466 e. The molecule has 0 saturated heterocycles. The van der Waals surface area contributed by atoms with Crippen LogP contribution in [0.1, 0.15) is 59.1 Å². The molecule has 166 valence electrons. The predicted octanol–water partition coefficient (Wildman–Crippen LogP) is 3.90. The molecule has 0 aromatic heterocycles. The van der Waals surface area contributed by atoms with Crippen molar-refractivity contribution in [3.8, 4) is 0 Å². The van der Waals surface area contributed by atoms with Gasteiger partial charge >= 0.3 is 17.9 Å². The van der Waals surface area contributed by atoms with Crippen LogP contribution >= 0.6 is 0 Å². The first-order valence-corrected chi connectivity index (χ1v) is 9.77. The first-order chi connectivity index (χ1) is 13.8. The van der Waals surface area contributed by atoms with E-state index in [1.165, 1.54) is 14.2 Å². The SMILES string of the molecule is COC(=O)C=C(Nc1cc(C(C)(C)C)ccc1CCC(=O)OC(C)(C)C)C(=O)OC. The molecule has 0 atom stereocenters. The summed E-state index contributed by atoms with van der Waals surface area (Å²) in [6.45, 7) is 11.6. The molecule has 0 saturated carbocycles. The number of anilines is 1. The van der Waals surface area contributed by atoms with Crippen LogP contribution in [0.15, 0.2) is 30.0 Å². The van der Waals surface area contributed by atoms with Crippen molar-refractivity contribution >= 4 is 23.6 Å². The van der Waals surface area contributed by atoms with Crippen molar-refractivity contribution in [1.29, 1.82) is 0 Å². The molecule has 0 spiro atoms. The van der Waals surface area contributed by atoms with Crippen molar-refractivity contribution in [1.82, 2.24) is 0 Å². The summed E-state index contributed by atoms with van der Waals surface area (Å²) in [7, 11) is 2.45. The third kappa shape index (κ3) is 8.27. The Labute approximate surface area is 178 Å². The van der Waals surface area contributed by atoms with Crippen LogP contribution in [0.25, 0.3) is 0 Å². The van der Waals surface area contributed by atoms with Gasteiger partial charge in [0.1, 0.15) is 11.3 Å². The predicted molar refractivity (Wildman–Crippen MR) is 115 cm³/mol. The van der Waals surface area contributed by atoms with Gasteiger partial charge in [0, 0.05) is 12.1 Å². The van der Waals surface area contributed by atoms with Crippen LogP contribution < -0.4 is 5.32 Å². The summed E-state index contributed by atoms with van der Waals surface area (Å²) in [6, 6.07) is 5.79. The van der Waals surface area contributed by atoms with Gasteiger partial charge in [-0.3, -0.25) is 4.79 Å². The lowest BCUT2D eigenvalue weighted by atomic mass is 9.85. The van der Waals surface area contributed by atoms with E-state index in [1.54, 1.807) is 0 Å². The molecule has 0 amide bonds. The highest BCUT2D eigenvalue weighted by molar-refractivity contribution is 5.98. The van der Waals surface area contributed by atoms with Crippen LogP contribution in [0.4, 0.5) is 5.69 Å². The highest BCUT2D eigenvalue weighted by atomic mass is 16.6. The molecule has 1 N–H and O–H groups in total. The lowest BCUT2D eigenvalue weighted by molar-refractivity contribution is -0.154. The fourth-order valence-electron chi connectivity index (χ4n) is 2.58. The topological polar surface area (TPSA) is 90.9 Å². The van der Waals surface area contributed by atoms with Crippen molar-refractivity contribution in [2.45, 2.75) is 65.4 Å². The van der Waals surface area contributed by atoms with Crippen LogP contribution in [-0.2, 0) is 40.4 Å². The Hall–Kier alpha value is -2.83. The molecule has 1 aromatic carbocycles. The molecule has 0 unspecified atom stereocenters. The molecular weight excluding hydrogens is 386 g/mol. The monoisotopic (exact) mass is 419 g/mol. The molecule has 7 heteroatoms. The fourth-order valence-corrected chi connectivity index (χ4v) is 2.58. The Kier molecular flexibility index (Phi) is 8.63. The summed E-state index contributed by atoms with van der Waals surface area (Å²) in [5.41, 5.74) is 1.66. The van der Waals surface area contributed by atoms with Gasteiger partial charge < -0.3 is 19.5 Å². The minimum Gasteiger partial charge on any atom is -0.466 e. The van der Waals surface area contributed by atoms with Gasteiger partial charge in [-0.1, -0.05) is 32.9 Å². The van der Waals surface area contributed by atoms with Crippen LogP contribution in [-0.4, -0.2) is 37.7 Å². The van der Waals surface area contributed by atoms with Crippen LogP contribution in [0.3, 0.4) is 0 Å². The zero-order valence-corrected chi connectivity index (χ0v) is 19.2. The minimum atomic E-state index is -0.709. The zero-order valence-electron chi connectivity index (χ0n) is 19.2. The van der Waals surface area contributed by atoms with Gasteiger partial charge in [-0.05, 0) is 49.8 Å². The highest BCUT2D eigenvalue weighted by Gasteiger charge is 2.20. The molecule has 0 aliphatic carbocycles. The van der Waals surface area contributed by atoms with Gasteiger partial charge in [-0.15, -0.1) is 0 Å². The maximum absolute atomic E-state index is 12.1. The van der Waals surface area contributed by atoms with E-state index in [0.29, 0.717) is 12.1 Å². The average Bonchev–Trinajstić information content (AvgIpc) is 2.63. The number of methoxy groups -OCH3 is 2. The first kappa shape index (κ1) is 25.2. The lowest BCUT2D eigenvalue weighted by Crippen LogP contribution is -2.24. The smallest absolute Gasteiger partial charge is 0.354 e. The molecule has 30 heavy (non-hydrogen) atoms. The molecule has 0 bridgehead atoms. The van der Waals surface area contributed by atoms with Gasteiger partial charge in [0.15, 0.2) is 0 Å². The van der Waals surface area contributed by atoms with Crippen molar-refractivity contribution in [2.24, 2.45) is 0 Å². The number of carbonyl (C=O) groups is 3. The number of hydrogen-bond donors (Lipinski definition) is 1. The number of aryl methyl sites for hydroxylation is 1. The second kappa shape index (κ2) is 10.3. The average molecular weight is 420 g/mol. The summed E-state index contributed by atoms with van der Waals surface area (Å²) < 4.78 is 14.8. The number of rotatable bonds is 7. The molecule has 1 aromatic rings. The normalized spacial score (nSPS) is 12.2. The van der Waals surface area contributed by atoms with E-state index in [4.69, 9.17) is 9.47 Å². The Morgan fingerprint density at radius 1 is 1.00 bits per heavy atom. The molecule has 7 nitrogen and oxygen atoms in total. The van der Waals surface area contributed by atoms with Crippen LogP contribution in [0, 0.1) is 0 Å². The van der Waals surface area contributed by atoms with E-state index >= 15 is 0 Å². The van der Waals surface area contributed by atoms with Gasteiger partial charge in [0.25, 0.3) is 0 Å². The summed E-state index contributed by atoms with van der Waals surface area (Å²) in [5.74, 6) is -1.71. The molecular formula is C23H33NO6. The Balaban J connectivity index is 3.27. The maximum Gasteiger partial charge on any atom is 0.354 e. The standard InChI is InChI=1S/C23H33NO6/c1-22(2,3)16-11-9-15(10-12-19(25)30-23(4,5)6)17(13-16)24-18(21(27)29-8)14-20(26)28-7/h9,11,13-14,24H,10,12H2,1-8H3. The minimum absolute atomic E-state index is 0.0612. The third-order valence-corrected chi connectivity index (χ3v) is 4.13. The van der Waals surface area contributed by atoms with E-state index in [9.17, 15) is 14.4 Å². The summed E-state index contributed by atoms with van der Waals surface area (Å²) in [4.78, 5) is 36.0. The molecule has 0 radical (unpaired) electrons. The van der Waals surface area contributed by atoms with Crippen molar-refractivity contribution in [2.75, 3.05) is 19.5 Å². The van der Waals surface area contributed by atoms with Crippen molar-refractivity contribution in [3.63, 3.8) is 0 Å². The lowest BCUT2D eigenvalue weighted by Gasteiger charge is -2.23. The molecule has 0 fully saturated rings. The van der Waals surface area contributed by atoms with E-state index in [-0.39, 0.29) is 23.5 Å². The number of benzene rings is 1. The number of ether oxygens (including phenoxy) is 3. The molecule has 0 heterocycles. The number of esters is 3. The van der Waals surface area contributed by atoms with Crippen LogP contribution in [0.5, 0.6) is 0 Å². The summed E-state index contributed by atoms with van der Waals surface area (Å²) in [5, 5.41) is 2.98. The summed E-state index contributed by atoms with van der Waals surface area (Å²) >= 11 is 0. The summed E-state index contributed by atoms with van der Waals surface area (Å²) in [6.07, 6.45) is 1.61. The van der Waals surface area contributed by atoms with Gasteiger partial charge in [-0.25, -0.2) is 9.59 Å². The van der Waals surface area contributed by atoms with Crippen molar-refractivity contribution in [3.05, 3.63) is 41.1 Å². The molecule has 1 rings (SSSR count). The quantitative estimate of drug-likeness (QED) is 0.407. The second-order valence-corrected chi connectivity index (χ2v) is 8.91. The van der Waals surface area contributed by atoms with Gasteiger partial charge in [0.05, 0.1) is 20.3 Å². The molecule has 0 aliphatic heterocycles. The maximum atomic E-state index is 12.1. The Bertz CT molecular complexity index is 812. The zero-order chi connectivity index (χ0) is 23.1. The van der Waals surface area contributed by atoms with E-state index in [0.717, 1.165) is 17.2 Å². The first-order valence-electron chi connectivity index (χ1n) is 9.77. The number of nitrogens with one attached hydrogen (secondary N) is 1.